The highest BCUT2D eigenvalue weighted by molar-refractivity contribution is 5.81. The van der Waals surface area contributed by atoms with E-state index in [1.165, 1.54) is 11.0 Å². The largest absolute Gasteiger partial charge is 0.396 e. The van der Waals surface area contributed by atoms with E-state index in [4.69, 9.17) is 5.73 Å². The van der Waals surface area contributed by atoms with Crippen LogP contribution in [0.3, 0.4) is 0 Å². The van der Waals surface area contributed by atoms with E-state index in [0.29, 0.717) is 41.4 Å². The first-order chi connectivity index (χ1) is 15.3. The van der Waals surface area contributed by atoms with Crippen molar-refractivity contribution in [3.63, 3.8) is 0 Å². The van der Waals surface area contributed by atoms with E-state index in [1.54, 1.807) is 43.5 Å². The predicted octanol–water partition coefficient (Wildman–Crippen LogP) is 2.95. The van der Waals surface area contributed by atoms with E-state index < -0.39 is 11.5 Å². The van der Waals surface area contributed by atoms with Crippen molar-refractivity contribution in [2.24, 2.45) is 0 Å². The van der Waals surface area contributed by atoms with Gasteiger partial charge in [-0.25, -0.2) is 4.39 Å². The molecule has 1 atom stereocenters. The van der Waals surface area contributed by atoms with Gasteiger partial charge in [-0.05, 0) is 45.3 Å². The Hall–Kier alpha value is -3.07. The van der Waals surface area contributed by atoms with Gasteiger partial charge in [0.05, 0.1) is 5.69 Å². The van der Waals surface area contributed by atoms with Gasteiger partial charge in [0.25, 0.3) is 0 Å². The first-order valence-corrected chi connectivity index (χ1v) is 10.2. The lowest BCUT2D eigenvalue weighted by Crippen LogP contribution is -2.47. The summed E-state index contributed by atoms with van der Waals surface area (Å²) in [6, 6.07) is 9.87. The fourth-order valence-electron chi connectivity index (χ4n) is 3.01. The van der Waals surface area contributed by atoms with Gasteiger partial charge in [0, 0.05) is 36.3 Å². The SMILES string of the molecule is C=CCCC(O)(C=O)N(C)Cc1c(C=O)cccc1NCc1cccc(N)c1F.CNC. The Morgan fingerprint density at radius 1 is 1.22 bits per heavy atom. The van der Waals surface area contributed by atoms with Gasteiger partial charge < -0.3 is 21.5 Å². The zero-order valence-corrected chi connectivity index (χ0v) is 18.9. The summed E-state index contributed by atoms with van der Waals surface area (Å²) in [5.41, 5.74) is 5.96. The van der Waals surface area contributed by atoms with E-state index in [9.17, 15) is 19.1 Å². The highest BCUT2D eigenvalue weighted by Crippen LogP contribution is 2.26. The van der Waals surface area contributed by atoms with E-state index in [1.807, 2.05) is 14.1 Å². The molecule has 0 spiro atoms. The summed E-state index contributed by atoms with van der Waals surface area (Å²) in [5.74, 6) is -0.495. The number of halogens is 1. The predicted molar refractivity (Wildman–Crippen MR) is 127 cm³/mol. The first-order valence-electron chi connectivity index (χ1n) is 10.2. The molecule has 2 rings (SSSR count). The molecule has 0 radical (unpaired) electrons. The molecule has 0 aromatic heterocycles. The van der Waals surface area contributed by atoms with Crippen LogP contribution in [0, 0.1) is 5.82 Å². The lowest BCUT2D eigenvalue weighted by molar-refractivity contribution is -0.147. The standard InChI is InChI=1S/C22H26FN3O3.C2H7N/c1-3-4-11-22(29,15-28)26(2)13-18-17(14-27)8-6-10-20(18)25-12-16-7-5-9-19(24)21(16)23;1-3-2/h3,5-10,14-15,25,29H,1,4,11-13,24H2,2H3;3H,1-2H3. The molecule has 1 unspecified atom stereocenters. The minimum Gasteiger partial charge on any atom is -0.396 e. The zero-order chi connectivity index (χ0) is 24.1. The number of hydrogen-bond donors (Lipinski definition) is 4. The van der Waals surface area contributed by atoms with Gasteiger partial charge in [0.1, 0.15) is 6.29 Å². The molecule has 0 amide bonds. The second kappa shape index (κ2) is 13.4. The Kier molecular flexibility index (Phi) is 11.3. The van der Waals surface area contributed by atoms with Gasteiger partial charge in [0.2, 0.25) is 0 Å². The van der Waals surface area contributed by atoms with Crippen LogP contribution >= 0.6 is 0 Å². The van der Waals surface area contributed by atoms with Crippen LogP contribution in [-0.4, -0.2) is 49.4 Å². The molecule has 7 nitrogen and oxygen atoms in total. The molecule has 0 aliphatic heterocycles. The van der Waals surface area contributed by atoms with Crippen molar-refractivity contribution in [1.82, 2.24) is 10.2 Å². The second-order valence-corrected chi connectivity index (χ2v) is 7.34. The number of benzene rings is 2. The number of anilines is 2. The quantitative estimate of drug-likeness (QED) is 0.183. The van der Waals surface area contributed by atoms with Gasteiger partial charge in [-0.1, -0.05) is 30.3 Å². The molecule has 32 heavy (non-hydrogen) atoms. The van der Waals surface area contributed by atoms with Crippen molar-refractivity contribution >= 4 is 23.9 Å². The summed E-state index contributed by atoms with van der Waals surface area (Å²) in [7, 11) is 5.35. The average molecular weight is 445 g/mol. The monoisotopic (exact) mass is 444 g/mol. The van der Waals surface area contributed by atoms with Crippen LogP contribution in [0.15, 0.2) is 49.1 Å². The highest BCUT2D eigenvalue weighted by atomic mass is 19.1. The van der Waals surface area contributed by atoms with Crippen molar-refractivity contribution in [2.75, 3.05) is 32.2 Å². The van der Waals surface area contributed by atoms with Gasteiger partial charge in [-0.15, -0.1) is 6.58 Å². The van der Waals surface area contributed by atoms with Gasteiger partial charge in [0.15, 0.2) is 17.8 Å². The molecule has 0 saturated carbocycles. The number of nitrogens with one attached hydrogen (secondary N) is 2. The third-order valence-corrected chi connectivity index (χ3v) is 4.88. The second-order valence-electron chi connectivity index (χ2n) is 7.34. The molecule has 0 aliphatic rings. The number of hydrogen-bond acceptors (Lipinski definition) is 7. The summed E-state index contributed by atoms with van der Waals surface area (Å²) in [6.45, 7) is 3.89. The smallest absolute Gasteiger partial charge is 0.175 e. The fraction of sp³-hybridized carbons (Fsp3) is 0.333. The van der Waals surface area contributed by atoms with Crippen LogP contribution in [0.25, 0.3) is 0 Å². The normalized spacial score (nSPS) is 12.3. The lowest BCUT2D eigenvalue weighted by Gasteiger charge is -2.33. The molecule has 0 saturated heterocycles. The highest BCUT2D eigenvalue weighted by Gasteiger charge is 2.31. The number of nitrogen functional groups attached to an aromatic ring is 1. The number of nitrogens with two attached hydrogens (primary N) is 1. The van der Waals surface area contributed by atoms with Crippen LogP contribution in [-0.2, 0) is 17.9 Å². The average Bonchev–Trinajstić information content (AvgIpc) is 2.79. The molecule has 174 valence electrons. The molecule has 2 aromatic rings. The number of rotatable bonds is 11. The van der Waals surface area contributed by atoms with Crippen LogP contribution in [0.5, 0.6) is 0 Å². The van der Waals surface area contributed by atoms with Crippen molar-refractivity contribution in [2.45, 2.75) is 31.7 Å². The molecular formula is C24H33FN4O3. The topological polar surface area (TPSA) is 108 Å². The van der Waals surface area contributed by atoms with Crippen molar-refractivity contribution in [3.05, 3.63) is 71.6 Å². The molecular weight excluding hydrogens is 411 g/mol. The minimum absolute atomic E-state index is 0.0594. The Bertz CT molecular complexity index is 907. The van der Waals surface area contributed by atoms with Crippen LogP contribution < -0.4 is 16.4 Å². The maximum atomic E-state index is 14.2. The fourth-order valence-corrected chi connectivity index (χ4v) is 3.01. The van der Waals surface area contributed by atoms with Crippen LogP contribution in [0.1, 0.15) is 34.3 Å². The van der Waals surface area contributed by atoms with Crippen LogP contribution in [0.4, 0.5) is 15.8 Å². The maximum Gasteiger partial charge on any atom is 0.175 e. The Morgan fingerprint density at radius 2 is 1.88 bits per heavy atom. The lowest BCUT2D eigenvalue weighted by atomic mass is 10.0. The number of aldehydes is 2. The molecule has 8 heteroatoms. The Balaban J connectivity index is 0.00000161. The van der Waals surface area contributed by atoms with E-state index >= 15 is 0 Å². The van der Waals surface area contributed by atoms with E-state index in [2.05, 4.69) is 17.2 Å². The summed E-state index contributed by atoms with van der Waals surface area (Å²) >= 11 is 0. The Morgan fingerprint density at radius 3 is 2.47 bits per heavy atom. The van der Waals surface area contributed by atoms with Gasteiger partial charge in [-0.3, -0.25) is 14.5 Å². The maximum absolute atomic E-state index is 14.2. The molecule has 0 aliphatic carbocycles. The zero-order valence-electron chi connectivity index (χ0n) is 18.9. The summed E-state index contributed by atoms with van der Waals surface area (Å²) in [5, 5.41) is 16.5. The molecule has 0 bridgehead atoms. The number of likely N-dealkylation sites (N-methyl/N-ethyl adjacent to an activating group) is 1. The van der Waals surface area contributed by atoms with Crippen LogP contribution in [0.2, 0.25) is 0 Å². The number of carbonyl (C=O) groups excluding carboxylic acids is 2. The summed E-state index contributed by atoms with van der Waals surface area (Å²) in [4.78, 5) is 24.5. The summed E-state index contributed by atoms with van der Waals surface area (Å²) < 4.78 is 14.2. The van der Waals surface area contributed by atoms with Gasteiger partial charge in [-0.2, -0.15) is 0 Å². The number of carbonyl (C=O) groups is 2. The summed E-state index contributed by atoms with van der Waals surface area (Å²) in [6.07, 6.45) is 3.44. The van der Waals surface area contributed by atoms with E-state index in [0.717, 1.165) is 0 Å². The van der Waals surface area contributed by atoms with Crippen molar-refractivity contribution in [3.8, 4) is 0 Å². The Labute approximate surface area is 189 Å². The molecule has 0 heterocycles. The third-order valence-electron chi connectivity index (χ3n) is 4.88. The number of aliphatic hydroxyl groups is 1. The molecule has 5 N–H and O–H groups in total. The first kappa shape index (κ1) is 27.0. The van der Waals surface area contributed by atoms with E-state index in [-0.39, 0.29) is 25.2 Å². The number of nitrogens with zero attached hydrogens (tertiary/aromatic N) is 1. The third kappa shape index (κ3) is 7.26. The van der Waals surface area contributed by atoms with Gasteiger partial charge >= 0.3 is 0 Å². The number of allylic oxidation sites excluding steroid dienone is 1. The minimum atomic E-state index is -1.69. The van der Waals surface area contributed by atoms with Crippen molar-refractivity contribution < 1.29 is 19.1 Å². The molecule has 0 fully saturated rings. The molecule has 2 aromatic carbocycles. The van der Waals surface area contributed by atoms with Crippen molar-refractivity contribution in [1.29, 1.82) is 0 Å².